The third-order valence-corrected chi connectivity index (χ3v) is 6.13. The van der Waals surface area contributed by atoms with Crippen molar-refractivity contribution in [1.29, 1.82) is 0 Å². The lowest BCUT2D eigenvalue weighted by molar-refractivity contribution is -0.156. The highest BCUT2D eigenvalue weighted by Crippen LogP contribution is 2.08. The van der Waals surface area contributed by atoms with Crippen molar-refractivity contribution < 1.29 is 19.0 Å². The summed E-state index contributed by atoms with van der Waals surface area (Å²) in [5, 5.41) is 3.54. The van der Waals surface area contributed by atoms with Crippen LogP contribution in [0, 0.1) is 0 Å². The van der Waals surface area contributed by atoms with Crippen molar-refractivity contribution >= 4 is 5.97 Å². The molecule has 35 heavy (non-hydrogen) atoms. The Hall–Kier alpha value is -0.690. The van der Waals surface area contributed by atoms with Crippen LogP contribution in [0.1, 0.15) is 117 Å². The maximum atomic E-state index is 12.4. The van der Waals surface area contributed by atoms with Gasteiger partial charge in [-0.3, -0.25) is 4.79 Å². The molecule has 0 saturated heterocycles. The van der Waals surface area contributed by atoms with Crippen LogP contribution in [0.2, 0.25) is 0 Å². The molecule has 0 aliphatic rings. The molecule has 0 saturated carbocycles. The average molecular weight is 501 g/mol. The molecule has 0 aromatic rings. The van der Waals surface area contributed by atoms with Crippen LogP contribution in [-0.2, 0) is 19.0 Å². The normalized spacial score (nSPS) is 11.6. The number of nitrogens with one attached hydrogen (secondary N) is 1. The molecule has 0 amide bonds. The van der Waals surface area contributed by atoms with Crippen LogP contribution in [-0.4, -0.2) is 77.1 Å². The Bertz CT molecular complexity index is 419. The van der Waals surface area contributed by atoms with Crippen LogP contribution < -0.4 is 5.32 Å². The van der Waals surface area contributed by atoms with Gasteiger partial charge in [-0.05, 0) is 72.3 Å². The molecular weight excluding hydrogens is 440 g/mol. The molecule has 0 atom stereocenters. The highest BCUT2D eigenvalue weighted by atomic mass is 16.6. The molecule has 0 aromatic heterocycles. The Morgan fingerprint density at radius 1 is 0.686 bits per heavy atom. The minimum Gasteiger partial charge on any atom is -0.457 e. The van der Waals surface area contributed by atoms with Crippen molar-refractivity contribution in [2.24, 2.45) is 0 Å². The number of hydrogen-bond acceptors (Lipinski definition) is 6. The molecule has 0 aromatic carbocycles. The SMILES string of the molecule is CCCCCCOCC(COCCCCCC)OC(=O)CCCCCCCNCCCCN(C)C. The second-order valence-electron chi connectivity index (χ2n) is 10.2. The lowest BCUT2D eigenvalue weighted by Crippen LogP contribution is -2.29. The summed E-state index contributed by atoms with van der Waals surface area (Å²) in [6.45, 7) is 10.1. The van der Waals surface area contributed by atoms with Gasteiger partial charge in [0, 0.05) is 19.6 Å². The monoisotopic (exact) mass is 500 g/mol. The zero-order chi connectivity index (χ0) is 25.8. The maximum Gasteiger partial charge on any atom is 0.306 e. The molecule has 0 bridgehead atoms. The fourth-order valence-corrected chi connectivity index (χ4v) is 3.91. The molecule has 0 heterocycles. The molecule has 0 rings (SSSR count). The van der Waals surface area contributed by atoms with E-state index in [0.29, 0.717) is 19.6 Å². The lowest BCUT2D eigenvalue weighted by atomic mass is 10.1. The van der Waals surface area contributed by atoms with Gasteiger partial charge in [0.25, 0.3) is 0 Å². The topological polar surface area (TPSA) is 60.0 Å². The van der Waals surface area contributed by atoms with Crippen LogP contribution in [0.5, 0.6) is 0 Å². The lowest BCUT2D eigenvalue weighted by Gasteiger charge is -2.18. The fraction of sp³-hybridized carbons (Fsp3) is 0.966. The predicted octanol–water partition coefficient (Wildman–Crippen LogP) is 6.36. The number of rotatable bonds is 28. The number of carbonyl (C=O) groups excluding carboxylic acids is 1. The van der Waals surface area contributed by atoms with Crippen LogP contribution in [0.4, 0.5) is 0 Å². The summed E-state index contributed by atoms with van der Waals surface area (Å²) in [6, 6.07) is 0. The number of ether oxygens (including phenoxy) is 3. The molecule has 0 spiro atoms. The van der Waals surface area contributed by atoms with Crippen LogP contribution in [0.15, 0.2) is 0 Å². The van der Waals surface area contributed by atoms with Crippen molar-refractivity contribution in [3.05, 3.63) is 0 Å². The van der Waals surface area contributed by atoms with E-state index in [0.717, 1.165) is 52.0 Å². The summed E-state index contributed by atoms with van der Waals surface area (Å²) in [7, 11) is 4.25. The molecule has 210 valence electrons. The van der Waals surface area contributed by atoms with Gasteiger partial charge in [0.2, 0.25) is 0 Å². The number of carbonyl (C=O) groups is 1. The van der Waals surface area contributed by atoms with Crippen molar-refractivity contribution in [2.45, 2.75) is 123 Å². The van der Waals surface area contributed by atoms with Gasteiger partial charge in [0.1, 0.15) is 6.10 Å². The maximum absolute atomic E-state index is 12.4. The third-order valence-electron chi connectivity index (χ3n) is 6.13. The Morgan fingerprint density at radius 3 is 1.77 bits per heavy atom. The summed E-state index contributed by atoms with van der Waals surface area (Å²) in [5.41, 5.74) is 0. The van der Waals surface area contributed by atoms with E-state index in [9.17, 15) is 4.79 Å². The van der Waals surface area contributed by atoms with Crippen molar-refractivity contribution in [2.75, 3.05) is 60.2 Å². The van der Waals surface area contributed by atoms with Gasteiger partial charge in [0.15, 0.2) is 0 Å². The van der Waals surface area contributed by atoms with E-state index in [2.05, 4.69) is 38.2 Å². The van der Waals surface area contributed by atoms with Crippen LogP contribution in [0.3, 0.4) is 0 Å². The van der Waals surface area contributed by atoms with Gasteiger partial charge in [-0.2, -0.15) is 0 Å². The Labute approximate surface area is 218 Å². The van der Waals surface area contributed by atoms with Gasteiger partial charge in [0.05, 0.1) is 13.2 Å². The minimum absolute atomic E-state index is 0.112. The van der Waals surface area contributed by atoms with Gasteiger partial charge in [-0.1, -0.05) is 71.6 Å². The third kappa shape index (κ3) is 27.7. The Kier molecular flexibility index (Phi) is 27.3. The van der Waals surface area contributed by atoms with E-state index in [4.69, 9.17) is 14.2 Å². The van der Waals surface area contributed by atoms with Crippen LogP contribution in [0.25, 0.3) is 0 Å². The van der Waals surface area contributed by atoms with E-state index >= 15 is 0 Å². The smallest absolute Gasteiger partial charge is 0.306 e. The number of nitrogens with zero attached hydrogens (tertiary/aromatic N) is 1. The molecule has 1 N–H and O–H groups in total. The predicted molar refractivity (Wildman–Crippen MR) is 148 cm³/mol. The first-order valence-corrected chi connectivity index (χ1v) is 14.8. The fourth-order valence-electron chi connectivity index (χ4n) is 3.91. The molecule has 0 aliphatic carbocycles. The minimum atomic E-state index is -0.288. The largest absolute Gasteiger partial charge is 0.457 e. The summed E-state index contributed by atoms with van der Waals surface area (Å²) in [4.78, 5) is 14.6. The highest BCUT2D eigenvalue weighted by molar-refractivity contribution is 5.69. The van der Waals surface area contributed by atoms with Gasteiger partial charge in [-0.25, -0.2) is 0 Å². The van der Waals surface area contributed by atoms with E-state index in [-0.39, 0.29) is 12.1 Å². The van der Waals surface area contributed by atoms with Gasteiger partial charge in [-0.15, -0.1) is 0 Å². The van der Waals surface area contributed by atoms with E-state index < -0.39 is 0 Å². The Balaban J connectivity index is 3.85. The quantitative estimate of drug-likeness (QED) is 0.0996. The molecule has 6 heteroatoms. The highest BCUT2D eigenvalue weighted by Gasteiger charge is 2.15. The van der Waals surface area contributed by atoms with Gasteiger partial charge < -0.3 is 24.4 Å². The zero-order valence-corrected chi connectivity index (χ0v) is 23.9. The van der Waals surface area contributed by atoms with E-state index in [1.165, 1.54) is 77.2 Å². The summed E-state index contributed by atoms with van der Waals surface area (Å²) >= 11 is 0. The molecule has 0 aliphatic heterocycles. The summed E-state index contributed by atoms with van der Waals surface area (Å²) in [6.07, 6.45) is 17.8. The molecule has 0 unspecified atom stereocenters. The van der Waals surface area contributed by atoms with Crippen molar-refractivity contribution in [3.8, 4) is 0 Å². The molecule has 0 radical (unpaired) electrons. The first kappa shape index (κ1) is 34.3. The number of esters is 1. The first-order valence-electron chi connectivity index (χ1n) is 14.8. The summed E-state index contributed by atoms with van der Waals surface area (Å²) < 4.78 is 17.3. The van der Waals surface area contributed by atoms with Crippen molar-refractivity contribution in [3.63, 3.8) is 0 Å². The zero-order valence-electron chi connectivity index (χ0n) is 23.9. The number of hydrogen-bond donors (Lipinski definition) is 1. The van der Waals surface area contributed by atoms with Crippen molar-refractivity contribution in [1.82, 2.24) is 10.2 Å². The summed E-state index contributed by atoms with van der Waals surface area (Å²) in [5.74, 6) is -0.112. The first-order chi connectivity index (χ1) is 17.1. The average Bonchev–Trinajstić information content (AvgIpc) is 2.83. The van der Waals surface area contributed by atoms with E-state index in [1.807, 2.05) is 0 Å². The molecular formula is C29H60N2O4. The number of unbranched alkanes of at least 4 members (excludes halogenated alkanes) is 11. The van der Waals surface area contributed by atoms with Crippen LogP contribution >= 0.6 is 0 Å². The molecule has 6 nitrogen and oxygen atoms in total. The standard InChI is InChI=1S/C29H60N2O4/c1-5-7-9-18-24-33-26-28(27-34-25-19-10-8-6-2)35-29(32)20-14-12-11-13-15-21-30-22-16-17-23-31(3)4/h28,30H,5-27H2,1-4H3. The van der Waals surface area contributed by atoms with E-state index in [1.54, 1.807) is 0 Å². The second-order valence-corrected chi connectivity index (χ2v) is 10.2. The second kappa shape index (κ2) is 27.9. The Morgan fingerprint density at radius 2 is 1.20 bits per heavy atom. The van der Waals surface area contributed by atoms with Gasteiger partial charge >= 0.3 is 5.97 Å². The molecule has 0 fully saturated rings.